The molecule has 0 aliphatic carbocycles. The monoisotopic (exact) mass is 375 g/mol. The van der Waals surface area contributed by atoms with Crippen LogP contribution in [-0.4, -0.2) is 57.7 Å². The van der Waals surface area contributed by atoms with Crippen LogP contribution < -0.4 is 5.73 Å². The van der Waals surface area contributed by atoms with Gasteiger partial charge in [-0.15, -0.1) is 0 Å². The van der Waals surface area contributed by atoms with E-state index in [4.69, 9.17) is 10.3 Å². The van der Waals surface area contributed by atoms with Crippen LogP contribution in [0.2, 0.25) is 0 Å². The molecule has 11 heteroatoms. The molecule has 1 aromatic carbocycles. The quantitative estimate of drug-likeness (QED) is 0.530. The van der Waals surface area contributed by atoms with Crippen LogP contribution in [0.5, 0.6) is 0 Å². The largest absolute Gasteiger partial charge is 0.369 e. The molecule has 0 fully saturated rings. The molecule has 2 rings (SSSR count). The van der Waals surface area contributed by atoms with Gasteiger partial charge in [0.15, 0.2) is 9.84 Å². The summed E-state index contributed by atoms with van der Waals surface area (Å²) in [5.74, 6) is -0.267. The summed E-state index contributed by atoms with van der Waals surface area (Å²) >= 11 is 0. The average Bonchev–Trinajstić information content (AvgIpc) is 2.63. The van der Waals surface area contributed by atoms with E-state index < -0.39 is 25.9 Å². The molecular formula is C13H17N3O6S2. The van der Waals surface area contributed by atoms with E-state index in [1.807, 2.05) is 0 Å². The van der Waals surface area contributed by atoms with Crippen molar-refractivity contribution in [2.24, 2.45) is 10.7 Å². The van der Waals surface area contributed by atoms with Crippen LogP contribution in [0, 0.1) is 0 Å². The summed E-state index contributed by atoms with van der Waals surface area (Å²) in [5, 5.41) is 0. The molecule has 1 amide bonds. The topological polar surface area (TPSA) is 147 Å². The summed E-state index contributed by atoms with van der Waals surface area (Å²) in [6.07, 6.45) is 3.47. The number of guanidine groups is 1. The Kier molecular flexibility index (Phi) is 5.87. The van der Waals surface area contributed by atoms with Gasteiger partial charge < -0.3 is 10.6 Å². The summed E-state index contributed by atoms with van der Waals surface area (Å²) in [7, 11) is -5.25. The van der Waals surface area contributed by atoms with E-state index in [0.29, 0.717) is 17.5 Å². The molecule has 0 aromatic heterocycles. The molecule has 0 spiro atoms. The van der Waals surface area contributed by atoms with Crippen LogP contribution in [0.3, 0.4) is 0 Å². The van der Waals surface area contributed by atoms with E-state index >= 15 is 0 Å². The molecule has 0 bridgehead atoms. The number of carbonyl (C=O) groups is 1. The van der Waals surface area contributed by atoms with Crippen molar-refractivity contribution in [2.75, 3.05) is 19.6 Å². The fraction of sp³-hybridized carbons (Fsp3) is 0.231. The smallest absolute Gasteiger partial charge is 0.296 e. The lowest BCUT2D eigenvalue weighted by Crippen LogP contribution is -2.28. The van der Waals surface area contributed by atoms with Crippen molar-refractivity contribution in [3.05, 3.63) is 35.5 Å². The Morgan fingerprint density at radius 2 is 1.58 bits per heavy atom. The van der Waals surface area contributed by atoms with Crippen LogP contribution in [0.25, 0.3) is 6.08 Å². The molecule has 24 heavy (non-hydrogen) atoms. The third kappa shape index (κ3) is 6.10. The number of sulfone groups is 1. The normalized spacial score (nSPS) is 16.7. The van der Waals surface area contributed by atoms with E-state index in [1.54, 1.807) is 25.3 Å². The molecule has 0 atom stereocenters. The predicted molar refractivity (Wildman–Crippen MR) is 89.4 cm³/mol. The van der Waals surface area contributed by atoms with Crippen molar-refractivity contribution in [1.29, 1.82) is 0 Å². The van der Waals surface area contributed by atoms with Crippen LogP contribution in [0.15, 0.2) is 39.9 Å². The molecule has 3 N–H and O–H groups in total. The Balaban J connectivity index is 0.000000505. The zero-order valence-electron chi connectivity index (χ0n) is 13.2. The standard InChI is InChI=1S/C12H13N3O3S.CH4O3S/c1-15-10(11(16)14-12(15)13)7-8-3-5-9(6-4-8)19(2,17)18;1-5(2,3)4/h3-7H,1-2H3,(H2,13,14,16);1H3,(H,2,3,4)/b10-7-;. The second kappa shape index (κ2) is 7.11. The highest BCUT2D eigenvalue weighted by Crippen LogP contribution is 2.17. The van der Waals surface area contributed by atoms with Crippen molar-refractivity contribution >= 4 is 37.9 Å². The van der Waals surface area contributed by atoms with Gasteiger partial charge in [0.25, 0.3) is 16.0 Å². The molecule has 1 aliphatic rings. The lowest BCUT2D eigenvalue weighted by Gasteiger charge is -2.11. The number of carbonyl (C=O) groups excluding carboxylic acids is 1. The van der Waals surface area contributed by atoms with Gasteiger partial charge >= 0.3 is 0 Å². The molecule has 1 aromatic rings. The number of likely N-dealkylation sites (N-methyl/N-ethyl adjacent to an activating group) is 1. The second-order valence-electron chi connectivity index (χ2n) is 4.94. The van der Waals surface area contributed by atoms with E-state index in [9.17, 15) is 21.6 Å². The van der Waals surface area contributed by atoms with Gasteiger partial charge in [-0.1, -0.05) is 12.1 Å². The first-order valence-electron chi connectivity index (χ1n) is 6.35. The average molecular weight is 375 g/mol. The van der Waals surface area contributed by atoms with Crippen molar-refractivity contribution < 1.29 is 26.2 Å². The van der Waals surface area contributed by atoms with Gasteiger partial charge in [0, 0.05) is 13.3 Å². The Bertz CT molecular complexity index is 892. The van der Waals surface area contributed by atoms with Gasteiger partial charge in [0.1, 0.15) is 5.70 Å². The summed E-state index contributed by atoms with van der Waals surface area (Å²) in [4.78, 5) is 16.9. The van der Waals surface area contributed by atoms with Gasteiger partial charge in [-0.25, -0.2) is 8.42 Å². The molecular weight excluding hydrogens is 358 g/mol. The Labute approximate surface area is 140 Å². The molecule has 0 saturated heterocycles. The molecule has 1 aliphatic heterocycles. The van der Waals surface area contributed by atoms with Crippen LogP contribution in [-0.2, 0) is 24.7 Å². The Morgan fingerprint density at radius 1 is 1.12 bits per heavy atom. The number of nitrogens with two attached hydrogens (primary N) is 1. The fourth-order valence-electron chi connectivity index (χ4n) is 1.63. The minimum atomic E-state index is -3.67. The molecule has 1 heterocycles. The highest BCUT2D eigenvalue weighted by atomic mass is 32.2. The summed E-state index contributed by atoms with van der Waals surface area (Å²) in [6.45, 7) is 0. The Hall–Kier alpha value is -2.24. The molecule has 0 radical (unpaired) electrons. The third-order valence-electron chi connectivity index (χ3n) is 2.75. The summed E-state index contributed by atoms with van der Waals surface area (Å²) in [5.41, 5.74) is 6.58. The zero-order valence-corrected chi connectivity index (χ0v) is 14.8. The van der Waals surface area contributed by atoms with Crippen molar-refractivity contribution in [1.82, 2.24) is 4.90 Å². The lowest BCUT2D eigenvalue weighted by atomic mass is 10.2. The van der Waals surface area contributed by atoms with Gasteiger partial charge in [0.05, 0.1) is 11.2 Å². The maximum atomic E-state index is 11.6. The predicted octanol–water partition coefficient (Wildman–Crippen LogP) is -0.278. The highest BCUT2D eigenvalue weighted by molar-refractivity contribution is 7.90. The van der Waals surface area contributed by atoms with Gasteiger partial charge in [-0.3, -0.25) is 9.35 Å². The number of aliphatic imine (C=N–C) groups is 1. The minimum Gasteiger partial charge on any atom is -0.369 e. The third-order valence-corrected chi connectivity index (χ3v) is 3.88. The first-order chi connectivity index (χ1) is 10.8. The fourth-order valence-corrected chi connectivity index (χ4v) is 2.26. The lowest BCUT2D eigenvalue weighted by molar-refractivity contribution is -0.114. The van der Waals surface area contributed by atoms with Crippen molar-refractivity contribution in [3.63, 3.8) is 0 Å². The summed E-state index contributed by atoms with van der Waals surface area (Å²) in [6, 6.07) is 6.23. The van der Waals surface area contributed by atoms with Crippen molar-refractivity contribution in [3.8, 4) is 0 Å². The molecule has 132 valence electrons. The molecule has 0 unspecified atom stereocenters. The van der Waals surface area contributed by atoms with Gasteiger partial charge in [-0.05, 0) is 23.8 Å². The maximum Gasteiger partial charge on any atom is 0.296 e. The molecule has 9 nitrogen and oxygen atoms in total. The second-order valence-corrected chi connectivity index (χ2v) is 8.42. The van der Waals surface area contributed by atoms with Crippen molar-refractivity contribution in [2.45, 2.75) is 4.90 Å². The number of rotatable bonds is 2. The van der Waals surface area contributed by atoms with E-state index in [-0.39, 0.29) is 10.9 Å². The number of hydrogen-bond donors (Lipinski definition) is 2. The van der Waals surface area contributed by atoms with E-state index in [1.165, 1.54) is 17.0 Å². The van der Waals surface area contributed by atoms with Gasteiger partial charge in [0.2, 0.25) is 5.96 Å². The molecule has 0 saturated carbocycles. The van der Waals surface area contributed by atoms with Gasteiger partial charge in [-0.2, -0.15) is 13.4 Å². The number of benzene rings is 1. The number of amides is 1. The summed E-state index contributed by atoms with van der Waals surface area (Å²) < 4.78 is 48.5. The van der Waals surface area contributed by atoms with Crippen LogP contribution in [0.4, 0.5) is 0 Å². The van der Waals surface area contributed by atoms with E-state index in [2.05, 4.69) is 4.99 Å². The van der Waals surface area contributed by atoms with Crippen LogP contribution >= 0.6 is 0 Å². The SMILES string of the molecule is CN1C(N)=NC(=O)/C1=C/c1ccc(S(C)(=O)=O)cc1.CS(=O)(=O)O. The zero-order chi connectivity index (χ0) is 18.7. The van der Waals surface area contributed by atoms with E-state index in [0.717, 1.165) is 6.26 Å². The minimum absolute atomic E-state index is 0.143. The maximum absolute atomic E-state index is 11.6. The first kappa shape index (κ1) is 19.8. The first-order valence-corrected chi connectivity index (χ1v) is 10.1. The van der Waals surface area contributed by atoms with Crippen LogP contribution in [0.1, 0.15) is 5.56 Å². The highest BCUT2D eigenvalue weighted by Gasteiger charge is 2.23. The number of hydrogen-bond acceptors (Lipinski definition) is 7. The number of nitrogens with zero attached hydrogens (tertiary/aromatic N) is 2. The Morgan fingerprint density at radius 3 is 1.92 bits per heavy atom.